The van der Waals surface area contributed by atoms with Crippen molar-refractivity contribution < 1.29 is 4.79 Å². The summed E-state index contributed by atoms with van der Waals surface area (Å²) >= 11 is 0. The van der Waals surface area contributed by atoms with E-state index in [1.165, 1.54) is 69.8 Å². The van der Waals surface area contributed by atoms with Crippen LogP contribution in [-0.2, 0) is 11.2 Å². The Labute approximate surface area is 142 Å². The van der Waals surface area contributed by atoms with Gasteiger partial charge in [0.1, 0.15) is 5.78 Å². The minimum atomic E-state index is 0.227. The van der Waals surface area contributed by atoms with Gasteiger partial charge in [0.25, 0.3) is 0 Å². The molecule has 0 aliphatic heterocycles. The SMILES string of the molecule is CC(=O)CC(C)(CCCCc1ccccc1)CC1CCCCC1. The summed E-state index contributed by atoms with van der Waals surface area (Å²) in [5.41, 5.74) is 1.66. The van der Waals surface area contributed by atoms with E-state index < -0.39 is 0 Å². The van der Waals surface area contributed by atoms with E-state index >= 15 is 0 Å². The molecule has 1 nitrogen and oxygen atoms in total. The largest absolute Gasteiger partial charge is 0.300 e. The van der Waals surface area contributed by atoms with Crippen LogP contribution >= 0.6 is 0 Å². The van der Waals surface area contributed by atoms with Gasteiger partial charge < -0.3 is 4.79 Å². The van der Waals surface area contributed by atoms with Crippen molar-refractivity contribution in [2.24, 2.45) is 11.3 Å². The number of hydrogen-bond donors (Lipinski definition) is 0. The second-order valence-corrected chi connectivity index (χ2v) is 8.09. The fraction of sp³-hybridized carbons (Fsp3) is 0.682. The minimum absolute atomic E-state index is 0.227. The van der Waals surface area contributed by atoms with Crippen LogP contribution in [0.1, 0.15) is 83.6 Å². The number of rotatable bonds is 9. The second-order valence-electron chi connectivity index (χ2n) is 8.09. The Balaban J connectivity index is 1.80. The van der Waals surface area contributed by atoms with Crippen molar-refractivity contribution in [1.82, 2.24) is 0 Å². The normalized spacial score (nSPS) is 18.5. The number of carbonyl (C=O) groups is 1. The maximum absolute atomic E-state index is 11.8. The first-order valence-corrected chi connectivity index (χ1v) is 9.61. The molecule has 1 aromatic rings. The van der Waals surface area contributed by atoms with Crippen LogP contribution in [0, 0.1) is 11.3 Å². The molecule has 0 spiro atoms. The van der Waals surface area contributed by atoms with Crippen LogP contribution in [0.25, 0.3) is 0 Å². The number of Topliss-reactive ketones (excluding diaryl/α,β-unsaturated/α-hetero) is 1. The predicted octanol–water partition coefficient (Wildman–Crippen LogP) is 6.36. The number of hydrogen-bond acceptors (Lipinski definition) is 1. The smallest absolute Gasteiger partial charge is 0.130 e. The molecular formula is C22H34O. The van der Waals surface area contributed by atoms with E-state index in [2.05, 4.69) is 37.3 Å². The first-order valence-electron chi connectivity index (χ1n) is 9.61. The molecule has 1 aromatic carbocycles. The topological polar surface area (TPSA) is 17.1 Å². The molecule has 0 saturated heterocycles. The molecule has 1 atom stereocenters. The number of carbonyl (C=O) groups excluding carboxylic acids is 1. The highest BCUT2D eigenvalue weighted by molar-refractivity contribution is 5.76. The van der Waals surface area contributed by atoms with Gasteiger partial charge in [-0.2, -0.15) is 0 Å². The summed E-state index contributed by atoms with van der Waals surface area (Å²) in [6, 6.07) is 10.8. The van der Waals surface area contributed by atoms with E-state index in [0.29, 0.717) is 5.78 Å². The van der Waals surface area contributed by atoms with E-state index in [1.54, 1.807) is 6.92 Å². The van der Waals surface area contributed by atoms with Crippen LogP contribution in [0.2, 0.25) is 0 Å². The lowest BCUT2D eigenvalue weighted by Gasteiger charge is -2.34. The van der Waals surface area contributed by atoms with Gasteiger partial charge in [-0.15, -0.1) is 0 Å². The summed E-state index contributed by atoms with van der Waals surface area (Å²) in [7, 11) is 0. The maximum Gasteiger partial charge on any atom is 0.130 e. The molecule has 1 fully saturated rings. The molecule has 0 bridgehead atoms. The Morgan fingerprint density at radius 2 is 1.78 bits per heavy atom. The standard InChI is InChI=1S/C22H34O/c1-19(23)17-22(2,18-21-14-7-4-8-15-21)16-10-9-13-20-11-5-3-6-12-20/h3,5-6,11-12,21H,4,7-10,13-18H2,1-2H3. The van der Waals surface area contributed by atoms with Gasteiger partial charge in [-0.25, -0.2) is 0 Å². The highest BCUT2D eigenvalue weighted by Gasteiger charge is 2.29. The first kappa shape index (κ1) is 18.2. The molecule has 0 radical (unpaired) electrons. The summed E-state index contributed by atoms with van der Waals surface area (Å²) in [6.07, 6.45) is 13.9. The molecule has 0 N–H and O–H groups in total. The molecule has 2 rings (SSSR count). The molecule has 1 heteroatoms. The minimum Gasteiger partial charge on any atom is -0.300 e. The lowest BCUT2D eigenvalue weighted by Crippen LogP contribution is -2.25. The number of unbranched alkanes of at least 4 members (excludes halogenated alkanes) is 1. The highest BCUT2D eigenvalue weighted by Crippen LogP contribution is 2.40. The number of benzene rings is 1. The van der Waals surface area contributed by atoms with E-state index in [-0.39, 0.29) is 5.41 Å². The lowest BCUT2D eigenvalue weighted by molar-refractivity contribution is -0.119. The zero-order valence-electron chi connectivity index (χ0n) is 15.2. The predicted molar refractivity (Wildman–Crippen MR) is 98.6 cm³/mol. The monoisotopic (exact) mass is 314 g/mol. The van der Waals surface area contributed by atoms with Crippen molar-refractivity contribution in [3.8, 4) is 0 Å². The average molecular weight is 315 g/mol. The van der Waals surface area contributed by atoms with Crippen LogP contribution in [0.4, 0.5) is 0 Å². The van der Waals surface area contributed by atoms with Crippen molar-refractivity contribution in [2.75, 3.05) is 0 Å². The van der Waals surface area contributed by atoms with Gasteiger partial charge >= 0.3 is 0 Å². The van der Waals surface area contributed by atoms with Crippen LogP contribution in [-0.4, -0.2) is 5.78 Å². The first-order chi connectivity index (χ1) is 11.1. The average Bonchev–Trinajstić information content (AvgIpc) is 2.53. The summed E-state index contributed by atoms with van der Waals surface area (Å²) in [6.45, 7) is 4.13. The highest BCUT2D eigenvalue weighted by atomic mass is 16.1. The van der Waals surface area contributed by atoms with E-state index in [9.17, 15) is 4.79 Å². The van der Waals surface area contributed by atoms with Gasteiger partial charge in [0, 0.05) is 6.42 Å². The number of aryl methyl sites for hydroxylation is 1. The summed E-state index contributed by atoms with van der Waals surface area (Å²) in [5, 5.41) is 0. The molecule has 0 amide bonds. The number of ketones is 1. The molecule has 0 heterocycles. The summed E-state index contributed by atoms with van der Waals surface area (Å²) in [4.78, 5) is 11.8. The van der Waals surface area contributed by atoms with Crippen molar-refractivity contribution in [1.29, 1.82) is 0 Å². The van der Waals surface area contributed by atoms with Gasteiger partial charge in [-0.1, -0.05) is 75.8 Å². The third-order valence-corrected chi connectivity index (χ3v) is 5.52. The fourth-order valence-corrected chi connectivity index (χ4v) is 4.48. The third-order valence-electron chi connectivity index (χ3n) is 5.52. The van der Waals surface area contributed by atoms with Gasteiger partial charge in [0.2, 0.25) is 0 Å². The molecule has 23 heavy (non-hydrogen) atoms. The van der Waals surface area contributed by atoms with Crippen molar-refractivity contribution in [3.05, 3.63) is 35.9 Å². The summed E-state index contributed by atoms with van der Waals surface area (Å²) in [5.74, 6) is 1.23. The maximum atomic E-state index is 11.8. The second kappa shape index (κ2) is 9.25. The molecule has 128 valence electrons. The molecule has 1 saturated carbocycles. The molecule has 1 unspecified atom stereocenters. The van der Waals surface area contributed by atoms with E-state index in [0.717, 1.165) is 12.3 Å². The molecule has 0 aromatic heterocycles. The van der Waals surface area contributed by atoms with Crippen LogP contribution in [0.3, 0.4) is 0 Å². The quantitative estimate of drug-likeness (QED) is 0.485. The van der Waals surface area contributed by atoms with E-state index in [4.69, 9.17) is 0 Å². The zero-order chi connectivity index (χ0) is 16.5. The molecular weight excluding hydrogens is 280 g/mol. The lowest BCUT2D eigenvalue weighted by atomic mass is 9.70. The third kappa shape index (κ3) is 6.89. The van der Waals surface area contributed by atoms with Crippen molar-refractivity contribution >= 4 is 5.78 Å². The Hall–Kier alpha value is -1.11. The van der Waals surface area contributed by atoms with Gasteiger partial charge in [0.15, 0.2) is 0 Å². The Kier molecular flexibility index (Phi) is 7.33. The van der Waals surface area contributed by atoms with Gasteiger partial charge in [0.05, 0.1) is 0 Å². The molecule has 1 aliphatic carbocycles. The Morgan fingerprint density at radius 3 is 2.43 bits per heavy atom. The summed E-state index contributed by atoms with van der Waals surface area (Å²) < 4.78 is 0. The van der Waals surface area contributed by atoms with E-state index in [1.807, 2.05) is 0 Å². The molecule has 1 aliphatic rings. The van der Waals surface area contributed by atoms with Gasteiger partial charge in [-0.05, 0) is 49.5 Å². The van der Waals surface area contributed by atoms with Crippen molar-refractivity contribution in [2.45, 2.75) is 84.5 Å². The van der Waals surface area contributed by atoms with Gasteiger partial charge in [-0.3, -0.25) is 0 Å². The Morgan fingerprint density at radius 1 is 1.09 bits per heavy atom. The van der Waals surface area contributed by atoms with Crippen LogP contribution in [0.5, 0.6) is 0 Å². The van der Waals surface area contributed by atoms with Crippen molar-refractivity contribution in [3.63, 3.8) is 0 Å². The zero-order valence-corrected chi connectivity index (χ0v) is 15.2. The Bertz CT molecular complexity index is 458. The van der Waals surface area contributed by atoms with Crippen LogP contribution < -0.4 is 0 Å². The van der Waals surface area contributed by atoms with Crippen LogP contribution in [0.15, 0.2) is 30.3 Å². The fourth-order valence-electron chi connectivity index (χ4n) is 4.48.